The van der Waals surface area contributed by atoms with Crippen molar-refractivity contribution in [2.24, 2.45) is 0 Å². The van der Waals surface area contributed by atoms with Crippen LogP contribution in [0, 0.1) is 0 Å². The van der Waals surface area contributed by atoms with E-state index in [2.05, 4.69) is 11.1 Å². The van der Waals surface area contributed by atoms with Crippen molar-refractivity contribution in [3.05, 3.63) is 0 Å². The van der Waals surface area contributed by atoms with E-state index in [0.29, 0.717) is 6.42 Å². The van der Waals surface area contributed by atoms with Gasteiger partial charge in [-0.15, -0.1) is 0 Å². The lowest BCUT2D eigenvalue weighted by Gasteiger charge is -2.03. The van der Waals surface area contributed by atoms with Crippen molar-refractivity contribution in [1.82, 2.24) is 0 Å². The van der Waals surface area contributed by atoms with Crippen molar-refractivity contribution in [1.29, 1.82) is 0 Å². The Balaban J connectivity index is 3.47. The van der Waals surface area contributed by atoms with Gasteiger partial charge in [0.1, 0.15) is 0 Å². The molecule has 0 aliphatic rings. The minimum atomic E-state index is -3.63. The summed E-state index contributed by atoms with van der Waals surface area (Å²) in [6, 6.07) is 0. The number of carbonyl (C=O) groups excluding carboxylic acids is 1. The van der Waals surface area contributed by atoms with Crippen LogP contribution in [0.25, 0.3) is 0 Å². The van der Waals surface area contributed by atoms with Crippen LogP contribution in [-0.2, 0) is 19.1 Å². The summed E-state index contributed by atoms with van der Waals surface area (Å²) in [7, 11) is -3.63. The SMILES string of the molecule is CCCCCCCCCS(=O)(=O)OC(C)=O. The summed E-state index contributed by atoms with van der Waals surface area (Å²) in [6.07, 6.45) is 7.32. The lowest BCUT2D eigenvalue weighted by molar-refractivity contribution is -0.131. The average Bonchev–Trinajstić information content (AvgIpc) is 2.14. The predicted octanol–water partition coefficient (Wildman–Crippen LogP) is 2.63. The van der Waals surface area contributed by atoms with Crippen LogP contribution in [0.3, 0.4) is 0 Å². The van der Waals surface area contributed by atoms with Crippen LogP contribution >= 0.6 is 0 Å². The molecule has 0 aromatic heterocycles. The first kappa shape index (κ1) is 15.4. The Labute approximate surface area is 98.5 Å². The highest BCUT2D eigenvalue weighted by Crippen LogP contribution is 2.08. The van der Waals surface area contributed by atoms with Gasteiger partial charge in [-0.1, -0.05) is 45.4 Å². The normalized spacial score (nSPS) is 11.4. The Morgan fingerprint density at radius 3 is 2.00 bits per heavy atom. The first-order valence-corrected chi connectivity index (χ1v) is 7.48. The average molecular weight is 250 g/mol. The lowest BCUT2D eigenvalue weighted by Crippen LogP contribution is -2.13. The maximum atomic E-state index is 11.1. The van der Waals surface area contributed by atoms with Gasteiger partial charge >= 0.3 is 16.1 Å². The van der Waals surface area contributed by atoms with E-state index in [0.717, 1.165) is 26.2 Å². The Hall–Kier alpha value is -0.580. The van der Waals surface area contributed by atoms with Gasteiger partial charge in [-0.25, -0.2) is 0 Å². The zero-order chi connectivity index (χ0) is 12.4. The molecule has 16 heavy (non-hydrogen) atoms. The van der Waals surface area contributed by atoms with Gasteiger partial charge in [0.25, 0.3) is 0 Å². The van der Waals surface area contributed by atoms with Crippen LogP contribution < -0.4 is 0 Å². The third-order valence-corrected chi connectivity index (χ3v) is 3.52. The number of rotatable bonds is 9. The second kappa shape index (κ2) is 8.56. The molecule has 0 N–H and O–H groups in total. The standard InChI is InChI=1S/C11H22O4S/c1-3-4-5-6-7-8-9-10-16(13,14)15-11(2)12/h3-10H2,1-2H3. The fourth-order valence-corrected chi connectivity index (χ4v) is 2.46. The van der Waals surface area contributed by atoms with Gasteiger partial charge in [0, 0.05) is 6.92 Å². The van der Waals surface area contributed by atoms with Crippen LogP contribution in [0.2, 0.25) is 0 Å². The zero-order valence-corrected chi connectivity index (χ0v) is 11.0. The Morgan fingerprint density at radius 1 is 1.00 bits per heavy atom. The molecule has 0 rings (SSSR count). The number of hydrogen-bond donors (Lipinski definition) is 0. The van der Waals surface area contributed by atoms with E-state index >= 15 is 0 Å². The van der Waals surface area contributed by atoms with Crippen molar-refractivity contribution < 1.29 is 17.4 Å². The molecule has 0 radical (unpaired) electrons. The minimum absolute atomic E-state index is 0.0552. The fourth-order valence-electron chi connectivity index (χ4n) is 1.46. The topological polar surface area (TPSA) is 60.4 Å². The third kappa shape index (κ3) is 9.96. The van der Waals surface area contributed by atoms with E-state index in [1.165, 1.54) is 19.3 Å². The van der Waals surface area contributed by atoms with E-state index in [4.69, 9.17) is 0 Å². The molecule has 0 atom stereocenters. The summed E-state index contributed by atoms with van der Waals surface area (Å²) in [6.45, 7) is 3.26. The van der Waals surface area contributed by atoms with Crippen LogP contribution in [0.4, 0.5) is 0 Å². The largest absolute Gasteiger partial charge is 0.346 e. The van der Waals surface area contributed by atoms with E-state index in [9.17, 15) is 13.2 Å². The highest BCUT2D eigenvalue weighted by atomic mass is 32.2. The molecule has 0 aromatic rings. The van der Waals surface area contributed by atoms with Crippen molar-refractivity contribution in [3.63, 3.8) is 0 Å². The molecule has 0 saturated carbocycles. The van der Waals surface area contributed by atoms with Crippen molar-refractivity contribution >= 4 is 16.1 Å². The van der Waals surface area contributed by atoms with Crippen molar-refractivity contribution in [2.45, 2.75) is 58.8 Å². The minimum Gasteiger partial charge on any atom is -0.346 e. The molecule has 0 aliphatic heterocycles. The fraction of sp³-hybridized carbons (Fsp3) is 0.909. The molecule has 0 aromatic carbocycles. The van der Waals surface area contributed by atoms with E-state index < -0.39 is 16.1 Å². The van der Waals surface area contributed by atoms with Crippen LogP contribution in [-0.4, -0.2) is 20.1 Å². The van der Waals surface area contributed by atoms with Gasteiger partial charge in [0.2, 0.25) is 0 Å². The lowest BCUT2D eigenvalue weighted by atomic mass is 10.1. The first-order chi connectivity index (χ1) is 7.48. The maximum Gasteiger partial charge on any atom is 0.319 e. The highest BCUT2D eigenvalue weighted by molar-refractivity contribution is 7.87. The van der Waals surface area contributed by atoms with Crippen LogP contribution in [0.15, 0.2) is 0 Å². The summed E-state index contributed by atoms with van der Waals surface area (Å²) in [5.41, 5.74) is 0. The van der Waals surface area contributed by atoms with E-state index in [1.54, 1.807) is 0 Å². The Bertz CT molecular complexity index is 282. The second-order valence-corrected chi connectivity index (χ2v) is 5.65. The smallest absolute Gasteiger partial charge is 0.319 e. The van der Waals surface area contributed by atoms with Crippen LogP contribution in [0.5, 0.6) is 0 Å². The zero-order valence-electron chi connectivity index (χ0n) is 10.2. The van der Waals surface area contributed by atoms with Crippen molar-refractivity contribution in [2.75, 3.05) is 5.75 Å². The van der Waals surface area contributed by atoms with Crippen LogP contribution in [0.1, 0.15) is 58.8 Å². The molecule has 0 heterocycles. The monoisotopic (exact) mass is 250 g/mol. The van der Waals surface area contributed by atoms with Gasteiger partial charge in [0.15, 0.2) is 0 Å². The molecule has 0 amide bonds. The molecule has 96 valence electrons. The molecular weight excluding hydrogens is 228 g/mol. The van der Waals surface area contributed by atoms with E-state index in [-0.39, 0.29) is 5.75 Å². The second-order valence-electron chi connectivity index (χ2n) is 3.96. The van der Waals surface area contributed by atoms with Gasteiger partial charge in [0.05, 0.1) is 5.75 Å². The molecular formula is C11H22O4S. The van der Waals surface area contributed by atoms with Crippen molar-refractivity contribution in [3.8, 4) is 0 Å². The molecule has 0 saturated heterocycles. The molecule has 0 aliphatic carbocycles. The molecule has 0 bridgehead atoms. The predicted molar refractivity (Wildman–Crippen MR) is 63.5 cm³/mol. The van der Waals surface area contributed by atoms with Gasteiger partial charge in [-0.2, -0.15) is 8.42 Å². The molecule has 4 nitrogen and oxygen atoms in total. The molecule has 0 spiro atoms. The summed E-state index contributed by atoms with van der Waals surface area (Å²) >= 11 is 0. The molecule has 0 unspecified atom stereocenters. The molecule has 5 heteroatoms. The Kier molecular flexibility index (Phi) is 8.25. The molecule has 0 fully saturated rings. The van der Waals surface area contributed by atoms with Gasteiger partial charge < -0.3 is 4.18 Å². The summed E-state index contributed by atoms with van der Waals surface area (Å²) < 4.78 is 26.5. The number of unbranched alkanes of at least 4 members (excludes halogenated alkanes) is 6. The first-order valence-electron chi connectivity index (χ1n) is 5.90. The number of carbonyl (C=O) groups is 1. The number of hydrogen-bond acceptors (Lipinski definition) is 4. The van der Waals surface area contributed by atoms with Gasteiger partial charge in [-0.05, 0) is 6.42 Å². The Morgan fingerprint density at radius 2 is 1.50 bits per heavy atom. The third-order valence-electron chi connectivity index (χ3n) is 2.24. The summed E-state index contributed by atoms with van der Waals surface area (Å²) in [5, 5.41) is 0. The quantitative estimate of drug-likeness (QED) is 0.466. The van der Waals surface area contributed by atoms with E-state index in [1.807, 2.05) is 0 Å². The highest BCUT2D eigenvalue weighted by Gasteiger charge is 2.13. The summed E-state index contributed by atoms with van der Waals surface area (Å²) in [4.78, 5) is 10.5. The maximum absolute atomic E-state index is 11.1. The van der Waals surface area contributed by atoms with Gasteiger partial charge in [-0.3, -0.25) is 4.79 Å². The summed E-state index contributed by atoms with van der Waals surface area (Å²) in [5.74, 6) is -0.816.